The molecule has 1 atom stereocenters. The number of hydrogen-bond acceptors (Lipinski definition) is 1. The molecule has 1 rings (SSSR count). The lowest BCUT2D eigenvalue weighted by atomic mass is 10.0. The van der Waals surface area contributed by atoms with E-state index in [1.165, 1.54) is 44.6 Å². The molecule has 1 aromatic carbocycles. The Balaban J connectivity index is 2.15. The van der Waals surface area contributed by atoms with Gasteiger partial charge in [0.15, 0.2) is 0 Å². The lowest BCUT2D eigenvalue weighted by molar-refractivity contribution is 0.158. The van der Waals surface area contributed by atoms with Crippen molar-refractivity contribution in [3.05, 3.63) is 34.1 Å². The Morgan fingerprint density at radius 3 is 2.25 bits per heavy atom. The van der Waals surface area contributed by atoms with Crippen LogP contribution in [0.2, 0.25) is 0 Å². The van der Waals surface area contributed by atoms with Crippen molar-refractivity contribution < 1.29 is 9.50 Å². The molecule has 1 unspecified atom stereocenters. The Bertz CT molecular complexity index is 381. The summed E-state index contributed by atoms with van der Waals surface area (Å²) >= 11 is 3.22. The van der Waals surface area contributed by atoms with Gasteiger partial charge in [-0.05, 0) is 18.6 Å². The molecule has 0 aliphatic rings. The standard InChI is InChI=1S/C17H26BrFO/c1-2-3-4-5-6-7-8-9-10-17(20)15-12-11-14(18)13-16(15)19/h11-13,17,20H,2-10H2,1H3. The summed E-state index contributed by atoms with van der Waals surface area (Å²) in [5.41, 5.74) is 0.413. The number of rotatable bonds is 10. The summed E-state index contributed by atoms with van der Waals surface area (Å²) in [5.74, 6) is -0.327. The Labute approximate surface area is 130 Å². The summed E-state index contributed by atoms with van der Waals surface area (Å²) in [6, 6.07) is 4.84. The van der Waals surface area contributed by atoms with Crippen LogP contribution in [0, 0.1) is 5.82 Å². The van der Waals surface area contributed by atoms with E-state index in [2.05, 4.69) is 22.9 Å². The topological polar surface area (TPSA) is 20.2 Å². The van der Waals surface area contributed by atoms with E-state index >= 15 is 0 Å². The Morgan fingerprint density at radius 1 is 1.05 bits per heavy atom. The zero-order valence-electron chi connectivity index (χ0n) is 12.4. The quantitative estimate of drug-likeness (QED) is 0.504. The first-order valence-corrected chi connectivity index (χ1v) is 8.57. The van der Waals surface area contributed by atoms with Crippen LogP contribution in [-0.4, -0.2) is 5.11 Å². The zero-order valence-corrected chi connectivity index (χ0v) is 14.0. The average molecular weight is 345 g/mol. The maximum Gasteiger partial charge on any atom is 0.130 e. The van der Waals surface area contributed by atoms with E-state index in [0.717, 1.165) is 12.8 Å². The van der Waals surface area contributed by atoms with Gasteiger partial charge in [0.05, 0.1) is 6.10 Å². The summed E-state index contributed by atoms with van der Waals surface area (Å²) in [4.78, 5) is 0. The van der Waals surface area contributed by atoms with Crippen molar-refractivity contribution >= 4 is 15.9 Å². The van der Waals surface area contributed by atoms with E-state index < -0.39 is 6.10 Å². The van der Waals surface area contributed by atoms with Crippen LogP contribution in [0.3, 0.4) is 0 Å². The molecule has 0 radical (unpaired) electrons. The molecule has 0 saturated heterocycles. The molecule has 0 fully saturated rings. The van der Waals surface area contributed by atoms with E-state index in [1.54, 1.807) is 12.1 Å². The van der Waals surface area contributed by atoms with Crippen LogP contribution in [0.1, 0.15) is 76.4 Å². The molecule has 0 aliphatic carbocycles. The van der Waals surface area contributed by atoms with E-state index in [4.69, 9.17) is 0 Å². The molecule has 0 aromatic heterocycles. The van der Waals surface area contributed by atoms with Crippen molar-refractivity contribution in [2.45, 2.75) is 70.8 Å². The van der Waals surface area contributed by atoms with Gasteiger partial charge in [0.2, 0.25) is 0 Å². The Hall–Kier alpha value is -0.410. The number of aliphatic hydroxyl groups is 1. The van der Waals surface area contributed by atoms with Gasteiger partial charge in [-0.2, -0.15) is 0 Å². The van der Waals surface area contributed by atoms with Crippen molar-refractivity contribution in [1.29, 1.82) is 0 Å². The third kappa shape index (κ3) is 6.85. The molecule has 0 bridgehead atoms. The van der Waals surface area contributed by atoms with Crippen molar-refractivity contribution in [2.75, 3.05) is 0 Å². The maximum atomic E-state index is 13.7. The number of halogens is 2. The monoisotopic (exact) mass is 344 g/mol. The highest BCUT2D eigenvalue weighted by atomic mass is 79.9. The van der Waals surface area contributed by atoms with Crippen LogP contribution in [0.5, 0.6) is 0 Å². The second-order valence-electron chi connectivity index (χ2n) is 5.45. The molecule has 1 N–H and O–H groups in total. The SMILES string of the molecule is CCCCCCCCCCC(O)c1ccc(Br)cc1F. The van der Waals surface area contributed by atoms with E-state index in [0.29, 0.717) is 16.5 Å². The number of benzene rings is 1. The predicted octanol–water partition coefficient (Wildman–Crippen LogP) is 6.15. The first-order valence-electron chi connectivity index (χ1n) is 7.78. The molecule has 0 spiro atoms. The molecule has 0 heterocycles. The molecule has 1 aromatic rings. The van der Waals surface area contributed by atoms with Gasteiger partial charge < -0.3 is 5.11 Å². The summed E-state index contributed by atoms with van der Waals surface area (Å²) in [5, 5.41) is 10.0. The Kier molecular flexibility index (Phi) is 9.12. The average Bonchev–Trinajstić information content (AvgIpc) is 2.41. The smallest absolute Gasteiger partial charge is 0.130 e. The second-order valence-corrected chi connectivity index (χ2v) is 6.36. The van der Waals surface area contributed by atoms with Gasteiger partial charge in [-0.15, -0.1) is 0 Å². The summed E-state index contributed by atoms with van der Waals surface area (Å²) in [7, 11) is 0. The highest BCUT2D eigenvalue weighted by Gasteiger charge is 2.12. The molecule has 0 saturated carbocycles. The summed E-state index contributed by atoms with van der Waals surface area (Å²) < 4.78 is 14.4. The minimum atomic E-state index is -0.678. The molecule has 114 valence electrons. The third-order valence-corrected chi connectivity index (χ3v) is 4.15. The molecule has 20 heavy (non-hydrogen) atoms. The van der Waals surface area contributed by atoms with Gasteiger partial charge in [-0.3, -0.25) is 0 Å². The summed E-state index contributed by atoms with van der Waals surface area (Å²) in [6.45, 7) is 2.22. The molecule has 0 amide bonds. The van der Waals surface area contributed by atoms with Gasteiger partial charge in [0.1, 0.15) is 5.82 Å². The highest BCUT2D eigenvalue weighted by molar-refractivity contribution is 9.10. The van der Waals surface area contributed by atoms with Crippen LogP contribution in [-0.2, 0) is 0 Å². The first kappa shape index (κ1) is 17.6. The molecule has 3 heteroatoms. The number of aliphatic hydroxyl groups excluding tert-OH is 1. The maximum absolute atomic E-state index is 13.7. The predicted molar refractivity (Wildman–Crippen MR) is 86.3 cm³/mol. The van der Waals surface area contributed by atoms with Gasteiger partial charge in [-0.1, -0.05) is 80.3 Å². The zero-order chi connectivity index (χ0) is 14.8. The van der Waals surface area contributed by atoms with E-state index in [1.807, 2.05) is 0 Å². The van der Waals surface area contributed by atoms with E-state index in [9.17, 15) is 9.50 Å². The Morgan fingerprint density at radius 2 is 1.65 bits per heavy atom. The number of unbranched alkanes of at least 4 members (excludes halogenated alkanes) is 7. The van der Waals surface area contributed by atoms with Crippen LogP contribution in [0.25, 0.3) is 0 Å². The van der Waals surface area contributed by atoms with Crippen LogP contribution >= 0.6 is 15.9 Å². The van der Waals surface area contributed by atoms with Gasteiger partial charge in [0.25, 0.3) is 0 Å². The van der Waals surface area contributed by atoms with E-state index in [-0.39, 0.29) is 5.82 Å². The van der Waals surface area contributed by atoms with Crippen molar-refractivity contribution in [2.24, 2.45) is 0 Å². The van der Waals surface area contributed by atoms with Gasteiger partial charge in [-0.25, -0.2) is 4.39 Å². The molecular formula is C17H26BrFO. The number of hydrogen-bond donors (Lipinski definition) is 1. The molecular weight excluding hydrogens is 319 g/mol. The lowest BCUT2D eigenvalue weighted by Crippen LogP contribution is -2.00. The third-order valence-electron chi connectivity index (χ3n) is 3.65. The lowest BCUT2D eigenvalue weighted by Gasteiger charge is -2.12. The largest absolute Gasteiger partial charge is 0.388 e. The highest BCUT2D eigenvalue weighted by Crippen LogP contribution is 2.25. The fourth-order valence-corrected chi connectivity index (χ4v) is 2.73. The fraction of sp³-hybridized carbons (Fsp3) is 0.647. The molecule has 0 aliphatic heterocycles. The van der Waals surface area contributed by atoms with Crippen molar-refractivity contribution in [1.82, 2.24) is 0 Å². The molecule has 1 nitrogen and oxygen atoms in total. The minimum absolute atomic E-state index is 0.327. The summed E-state index contributed by atoms with van der Waals surface area (Å²) in [6.07, 6.45) is 9.83. The van der Waals surface area contributed by atoms with Crippen LogP contribution in [0.15, 0.2) is 22.7 Å². The van der Waals surface area contributed by atoms with Crippen molar-refractivity contribution in [3.63, 3.8) is 0 Å². The fourth-order valence-electron chi connectivity index (χ4n) is 2.40. The van der Waals surface area contributed by atoms with Gasteiger partial charge >= 0.3 is 0 Å². The van der Waals surface area contributed by atoms with Gasteiger partial charge in [0, 0.05) is 10.0 Å². The normalized spacial score (nSPS) is 12.6. The minimum Gasteiger partial charge on any atom is -0.388 e. The van der Waals surface area contributed by atoms with Crippen molar-refractivity contribution in [3.8, 4) is 0 Å². The second kappa shape index (κ2) is 10.3. The van der Waals surface area contributed by atoms with Crippen LogP contribution < -0.4 is 0 Å². The first-order chi connectivity index (χ1) is 9.65. The van der Waals surface area contributed by atoms with Crippen LogP contribution in [0.4, 0.5) is 4.39 Å².